The van der Waals surface area contributed by atoms with Crippen molar-refractivity contribution < 1.29 is 57.3 Å². The van der Waals surface area contributed by atoms with Crippen LogP contribution in [0.15, 0.2) is 0 Å². The van der Waals surface area contributed by atoms with Gasteiger partial charge in [-0.1, -0.05) is 0 Å². The van der Waals surface area contributed by atoms with Crippen molar-refractivity contribution in [1.29, 1.82) is 0 Å². The van der Waals surface area contributed by atoms with Crippen molar-refractivity contribution in [1.82, 2.24) is 0 Å². The van der Waals surface area contributed by atoms with Crippen LogP contribution < -0.4 is 0 Å². The largest absolute Gasteiger partial charge is 0.477 e. The Bertz CT molecular complexity index is 505. The smallest absolute Gasteiger partial charge is 0.397 e. The highest BCUT2D eigenvalue weighted by Gasteiger charge is 2.53. The van der Waals surface area contributed by atoms with E-state index in [0.29, 0.717) is 0 Å². The molecule has 7 N–H and O–H groups in total. The van der Waals surface area contributed by atoms with Gasteiger partial charge in [0.1, 0.15) is 24.4 Å². The highest BCUT2D eigenvalue weighted by Crippen LogP contribution is 2.30. The molecule has 0 bridgehead atoms. The maximum Gasteiger partial charge on any atom is 0.397 e. The second kappa shape index (κ2) is 6.69. The molecule has 0 aromatic rings. The van der Waals surface area contributed by atoms with Crippen molar-refractivity contribution in [3.05, 3.63) is 0 Å². The highest BCUT2D eigenvalue weighted by molar-refractivity contribution is 7.80. The number of ether oxygens (including phenoxy) is 1. The minimum Gasteiger partial charge on any atom is -0.477 e. The first-order chi connectivity index (χ1) is 9.91. The highest BCUT2D eigenvalue weighted by atomic mass is 32.3. The van der Waals surface area contributed by atoms with Crippen molar-refractivity contribution in [3.63, 3.8) is 0 Å². The zero-order chi connectivity index (χ0) is 17.3. The lowest BCUT2D eigenvalue weighted by Crippen LogP contribution is -2.63. The Labute approximate surface area is 124 Å². The van der Waals surface area contributed by atoms with E-state index in [1.54, 1.807) is 0 Å². The van der Waals surface area contributed by atoms with Crippen LogP contribution in [0.2, 0.25) is 0 Å². The van der Waals surface area contributed by atoms with Gasteiger partial charge in [-0.3, -0.25) is 4.55 Å². The van der Waals surface area contributed by atoms with Crippen LogP contribution >= 0.6 is 0 Å². The summed E-state index contributed by atoms with van der Waals surface area (Å²) >= 11 is 0. The summed E-state index contributed by atoms with van der Waals surface area (Å²) in [4.78, 5) is 10.9. The normalized spacial score (nSPS) is 35.8. The predicted octanol–water partition coefficient (Wildman–Crippen LogP) is -4.19. The second-order valence-electron chi connectivity index (χ2n) is 4.67. The molecule has 1 aliphatic heterocycles. The molecule has 0 saturated carbocycles. The SMILES string of the molecule is O=C(O)[C@@]1(O)C[C@H](O)[C@@H](O)[C@H]([C@H](O)[C@@H](CO)OS(=O)(=O)O)O1. The van der Waals surface area contributed by atoms with Gasteiger partial charge in [0.25, 0.3) is 5.79 Å². The van der Waals surface area contributed by atoms with Crippen LogP contribution in [-0.4, -0.2) is 92.5 Å². The van der Waals surface area contributed by atoms with E-state index >= 15 is 0 Å². The van der Waals surface area contributed by atoms with Crippen LogP contribution in [0.3, 0.4) is 0 Å². The number of carboxylic acids is 1. The molecule has 12 nitrogen and oxygen atoms in total. The molecule has 13 heteroatoms. The lowest BCUT2D eigenvalue weighted by Gasteiger charge is -2.42. The number of hydrogen-bond acceptors (Lipinski definition) is 10. The average molecular weight is 348 g/mol. The van der Waals surface area contributed by atoms with Gasteiger partial charge < -0.3 is 35.4 Å². The van der Waals surface area contributed by atoms with Gasteiger partial charge in [-0.15, -0.1) is 0 Å². The van der Waals surface area contributed by atoms with Gasteiger partial charge in [-0.2, -0.15) is 8.42 Å². The van der Waals surface area contributed by atoms with E-state index in [0.717, 1.165) is 0 Å². The summed E-state index contributed by atoms with van der Waals surface area (Å²) in [6.45, 7) is -1.17. The minimum absolute atomic E-state index is 0.921. The number of carbonyl (C=O) groups is 1. The first kappa shape index (κ1) is 19.1. The number of carboxylic acid groups (broad SMARTS) is 1. The molecule has 1 rings (SSSR count). The number of aliphatic hydroxyl groups is 5. The molecule has 6 atom stereocenters. The Kier molecular flexibility index (Phi) is 5.82. The van der Waals surface area contributed by atoms with Gasteiger partial charge in [0, 0.05) is 6.42 Å². The Balaban J connectivity index is 3.02. The van der Waals surface area contributed by atoms with Gasteiger partial charge in [0.15, 0.2) is 0 Å². The van der Waals surface area contributed by atoms with E-state index in [9.17, 15) is 33.6 Å². The monoisotopic (exact) mass is 348 g/mol. The maximum absolute atomic E-state index is 10.9. The van der Waals surface area contributed by atoms with Gasteiger partial charge in [-0.25, -0.2) is 8.98 Å². The molecule has 0 radical (unpaired) electrons. The number of hydrogen-bond donors (Lipinski definition) is 7. The van der Waals surface area contributed by atoms with Crippen LogP contribution in [0.25, 0.3) is 0 Å². The second-order valence-corrected chi connectivity index (χ2v) is 5.72. The standard InChI is InChI=1S/C9H16O12S/c10-2-4(21-22(17,18)19)6(13)7-5(12)3(11)1-9(16,20-7)8(14)15/h3-7,10-13,16H,1-2H2,(H,14,15)(H,17,18,19)/t3-,4+,5+,6+,7+,9+/m0/s1. The predicted molar refractivity (Wildman–Crippen MR) is 63.6 cm³/mol. The first-order valence-electron chi connectivity index (χ1n) is 5.85. The molecule has 0 spiro atoms. The zero-order valence-corrected chi connectivity index (χ0v) is 11.7. The quantitative estimate of drug-likeness (QED) is 0.228. The number of aliphatic carboxylic acids is 1. The van der Waals surface area contributed by atoms with Crippen molar-refractivity contribution in [2.45, 2.75) is 42.7 Å². The molecule has 1 heterocycles. The lowest BCUT2D eigenvalue weighted by molar-refractivity contribution is -0.312. The molecular weight excluding hydrogens is 332 g/mol. The molecule has 0 aliphatic carbocycles. The van der Waals surface area contributed by atoms with Crippen LogP contribution in [0.4, 0.5) is 0 Å². The topological polar surface area (TPSA) is 211 Å². The Hall–Kier alpha value is -0.900. The molecule has 1 fully saturated rings. The minimum atomic E-state index is -5.09. The summed E-state index contributed by atoms with van der Waals surface area (Å²) in [7, 11) is -5.09. The molecule has 1 aliphatic rings. The van der Waals surface area contributed by atoms with E-state index in [-0.39, 0.29) is 0 Å². The van der Waals surface area contributed by atoms with Crippen molar-refractivity contribution >= 4 is 16.4 Å². The molecule has 22 heavy (non-hydrogen) atoms. The zero-order valence-electron chi connectivity index (χ0n) is 10.9. The summed E-state index contributed by atoms with van der Waals surface area (Å²) < 4.78 is 38.2. The molecule has 0 aromatic carbocycles. The van der Waals surface area contributed by atoms with Crippen LogP contribution in [0.1, 0.15) is 6.42 Å². The number of aliphatic hydroxyl groups excluding tert-OH is 4. The number of rotatable bonds is 6. The lowest BCUT2D eigenvalue weighted by atomic mass is 9.91. The third-order valence-electron chi connectivity index (χ3n) is 3.02. The molecule has 0 unspecified atom stereocenters. The van der Waals surface area contributed by atoms with Crippen LogP contribution in [0.5, 0.6) is 0 Å². The summed E-state index contributed by atoms with van der Waals surface area (Å²) in [5.41, 5.74) is 0. The van der Waals surface area contributed by atoms with E-state index < -0.39 is 65.7 Å². The van der Waals surface area contributed by atoms with Crippen molar-refractivity contribution in [3.8, 4) is 0 Å². The van der Waals surface area contributed by atoms with E-state index in [1.807, 2.05) is 0 Å². The van der Waals surface area contributed by atoms with Gasteiger partial charge in [0.2, 0.25) is 0 Å². The van der Waals surface area contributed by atoms with Crippen LogP contribution in [-0.2, 0) is 24.1 Å². The maximum atomic E-state index is 10.9. The van der Waals surface area contributed by atoms with E-state index in [1.165, 1.54) is 0 Å². The Morgan fingerprint density at radius 3 is 2.36 bits per heavy atom. The van der Waals surface area contributed by atoms with Gasteiger partial charge >= 0.3 is 16.4 Å². The summed E-state index contributed by atoms with van der Waals surface area (Å²) in [5.74, 6) is -4.88. The van der Waals surface area contributed by atoms with E-state index in [2.05, 4.69) is 8.92 Å². The summed E-state index contributed by atoms with van der Waals surface area (Å²) in [6, 6.07) is 0. The molecular formula is C9H16O12S. The molecule has 1 saturated heterocycles. The summed E-state index contributed by atoms with van der Waals surface area (Å²) in [6.07, 6.45) is -11.0. The van der Waals surface area contributed by atoms with Crippen LogP contribution in [0, 0.1) is 0 Å². The Morgan fingerprint density at radius 1 is 1.41 bits per heavy atom. The third-order valence-corrected chi connectivity index (χ3v) is 3.51. The fourth-order valence-electron chi connectivity index (χ4n) is 1.94. The molecule has 0 amide bonds. The van der Waals surface area contributed by atoms with E-state index in [4.69, 9.17) is 14.8 Å². The molecule has 0 aromatic heterocycles. The van der Waals surface area contributed by atoms with Crippen molar-refractivity contribution in [2.24, 2.45) is 0 Å². The van der Waals surface area contributed by atoms with Crippen molar-refractivity contribution in [2.75, 3.05) is 6.61 Å². The van der Waals surface area contributed by atoms with Gasteiger partial charge in [-0.05, 0) is 0 Å². The fraction of sp³-hybridized carbons (Fsp3) is 0.889. The van der Waals surface area contributed by atoms with Gasteiger partial charge in [0.05, 0.1) is 12.7 Å². The first-order valence-corrected chi connectivity index (χ1v) is 7.22. The summed E-state index contributed by atoms with van der Waals surface area (Å²) in [5, 5.41) is 56.5. The Morgan fingerprint density at radius 2 is 1.95 bits per heavy atom. The average Bonchev–Trinajstić information content (AvgIpc) is 2.38. The third kappa shape index (κ3) is 4.31. The molecule has 130 valence electrons. The fourth-order valence-corrected chi connectivity index (χ4v) is 2.43.